The molecule has 0 amide bonds. The van der Waals surface area contributed by atoms with Crippen LogP contribution < -0.4 is 0 Å². The molecule has 0 bridgehead atoms. The molecular formula is C18H21N. The van der Waals surface area contributed by atoms with Crippen LogP contribution in [0.5, 0.6) is 0 Å². The van der Waals surface area contributed by atoms with Gasteiger partial charge in [0.05, 0.1) is 0 Å². The minimum absolute atomic E-state index is 0.590. The van der Waals surface area contributed by atoms with Crippen molar-refractivity contribution in [3.63, 3.8) is 0 Å². The average Bonchev–Trinajstić information content (AvgIpc) is 2.74. The Morgan fingerprint density at radius 1 is 0.842 bits per heavy atom. The van der Waals surface area contributed by atoms with Gasteiger partial charge in [-0.1, -0.05) is 48.5 Å². The van der Waals surface area contributed by atoms with Crippen LogP contribution in [0.15, 0.2) is 48.5 Å². The molecule has 0 atom stereocenters. The van der Waals surface area contributed by atoms with Crippen molar-refractivity contribution in [3.05, 3.63) is 59.7 Å². The minimum Gasteiger partial charge on any atom is -0.309 e. The molecule has 1 heteroatoms. The molecular weight excluding hydrogens is 230 g/mol. The third-order valence-electron chi connectivity index (χ3n) is 4.06. The van der Waals surface area contributed by atoms with Crippen LogP contribution in [0.2, 0.25) is 0 Å². The number of fused-ring (bicyclic) bond motifs is 3. The molecule has 0 saturated heterocycles. The van der Waals surface area contributed by atoms with Crippen molar-refractivity contribution in [2.24, 2.45) is 0 Å². The normalized spacial score (nSPS) is 13.6. The molecule has 2 aromatic carbocycles. The average molecular weight is 251 g/mol. The summed E-state index contributed by atoms with van der Waals surface area (Å²) in [6.45, 7) is 1.17. The van der Waals surface area contributed by atoms with Gasteiger partial charge in [0.25, 0.3) is 0 Å². The van der Waals surface area contributed by atoms with E-state index < -0.39 is 0 Å². The molecule has 0 radical (unpaired) electrons. The Morgan fingerprint density at radius 3 is 1.89 bits per heavy atom. The third-order valence-corrected chi connectivity index (χ3v) is 4.06. The lowest BCUT2D eigenvalue weighted by molar-refractivity contribution is 0.390. The van der Waals surface area contributed by atoms with Crippen LogP contribution in [0.25, 0.3) is 11.1 Å². The zero-order valence-electron chi connectivity index (χ0n) is 11.8. The first-order valence-electron chi connectivity index (χ1n) is 7.10. The summed E-state index contributed by atoms with van der Waals surface area (Å²) in [7, 11) is 4.30. The van der Waals surface area contributed by atoms with E-state index in [9.17, 15) is 0 Å². The maximum absolute atomic E-state index is 2.30. The molecule has 0 aliphatic heterocycles. The molecule has 0 saturated carbocycles. The number of hydrogen-bond acceptors (Lipinski definition) is 1. The lowest BCUT2D eigenvalue weighted by Gasteiger charge is -2.15. The van der Waals surface area contributed by atoms with Gasteiger partial charge in [0.15, 0.2) is 0 Å². The summed E-state index contributed by atoms with van der Waals surface area (Å²) in [6.07, 6.45) is 2.49. The van der Waals surface area contributed by atoms with Crippen LogP contribution >= 0.6 is 0 Å². The number of nitrogens with zero attached hydrogens (tertiary/aromatic N) is 1. The highest BCUT2D eigenvalue weighted by molar-refractivity contribution is 5.78. The van der Waals surface area contributed by atoms with Crippen molar-refractivity contribution in [1.29, 1.82) is 0 Å². The van der Waals surface area contributed by atoms with E-state index in [0.717, 1.165) is 0 Å². The Bertz CT molecular complexity index is 526. The van der Waals surface area contributed by atoms with Gasteiger partial charge < -0.3 is 4.90 Å². The van der Waals surface area contributed by atoms with Gasteiger partial charge in [0.2, 0.25) is 0 Å². The van der Waals surface area contributed by atoms with E-state index in [0.29, 0.717) is 5.92 Å². The zero-order valence-corrected chi connectivity index (χ0v) is 11.8. The molecule has 2 aromatic rings. The van der Waals surface area contributed by atoms with E-state index in [1.807, 2.05) is 0 Å². The van der Waals surface area contributed by atoms with Crippen molar-refractivity contribution in [2.45, 2.75) is 18.8 Å². The highest BCUT2D eigenvalue weighted by Crippen LogP contribution is 2.46. The molecule has 98 valence electrons. The van der Waals surface area contributed by atoms with Crippen LogP contribution in [0.3, 0.4) is 0 Å². The molecule has 0 heterocycles. The zero-order chi connectivity index (χ0) is 13.2. The fourth-order valence-corrected chi connectivity index (χ4v) is 3.18. The summed E-state index contributed by atoms with van der Waals surface area (Å²) < 4.78 is 0. The molecule has 3 rings (SSSR count). The van der Waals surface area contributed by atoms with Crippen molar-refractivity contribution >= 4 is 0 Å². The first-order valence-corrected chi connectivity index (χ1v) is 7.10. The van der Waals surface area contributed by atoms with Gasteiger partial charge in [-0.15, -0.1) is 0 Å². The SMILES string of the molecule is CN(C)CCCC1c2ccccc2-c2ccccc21. The topological polar surface area (TPSA) is 3.24 Å². The predicted molar refractivity (Wildman–Crippen MR) is 81.5 cm³/mol. The number of benzene rings is 2. The smallest absolute Gasteiger partial charge is 0.0102 e. The fourth-order valence-electron chi connectivity index (χ4n) is 3.18. The molecule has 0 aromatic heterocycles. The van der Waals surface area contributed by atoms with E-state index >= 15 is 0 Å². The number of rotatable bonds is 4. The van der Waals surface area contributed by atoms with Crippen LogP contribution in [0.1, 0.15) is 29.9 Å². The van der Waals surface area contributed by atoms with Gasteiger partial charge in [-0.3, -0.25) is 0 Å². The summed E-state index contributed by atoms with van der Waals surface area (Å²) in [4.78, 5) is 2.27. The Balaban J connectivity index is 1.91. The summed E-state index contributed by atoms with van der Waals surface area (Å²) >= 11 is 0. The molecule has 1 aliphatic carbocycles. The second-order valence-corrected chi connectivity index (χ2v) is 5.67. The lowest BCUT2D eigenvalue weighted by atomic mass is 9.92. The standard InChI is InChI=1S/C18H21N/c1-19(2)13-7-12-18-16-10-5-3-8-14(16)15-9-4-6-11-17(15)18/h3-6,8-11,18H,7,12-13H2,1-2H3. The first kappa shape index (κ1) is 12.4. The summed E-state index contributed by atoms with van der Waals surface area (Å²) in [5.74, 6) is 0.590. The Morgan fingerprint density at radius 2 is 1.37 bits per heavy atom. The lowest BCUT2D eigenvalue weighted by Crippen LogP contribution is -2.13. The molecule has 0 N–H and O–H groups in total. The quantitative estimate of drug-likeness (QED) is 0.789. The van der Waals surface area contributed by atoms with E-state index in [1.54, 1.807) is 0 Å². The van der Waals surface area contributed by atoms with Gasteiger partial charge in [0, 0.05) is 5.92 Å². The molecule has 0 spiro atoms. The highest BCUT2D eigenvalue weighted by Gasteiger charge is 2.27. The van der Waals surface area contributed by atoms with Crippen molar-refractivity contribution in [1.82, 2.24) is 4.90 Å². The van der Waals surface area contributed by atoms with E-state index in [2.05, 4.69) is 67.5 Å². The summed E-state index contributed by atoms with van der Waals surface area (Å²) in [5.41, 5.74) is 5.91. The van der Waals surface area contributed by atoms with Crippen LogP contribution in [-0.2, 0) is 0 Å². The van der Waals surface area contributed by atoms with Crippen molar-refractivity contribution in [3.8, 4) is 11.1 Å². The van der Waals surface area contributed by atoms with Crippen molar-refractivity contribution in [2.75, 3.05) is 20.6 Å². The van der Waals surface area contributed by atoms with Crippen LogP contribution in [-0.4, -0.2) is 25.5 Å². The van der Waals surface area contributed by atoms with Gasteiger partial charge >= 0.3 is 0 Å². The summed E-state index contributed by atoms with van der Waals surface area (Å²) in [5, 5.41) is 0. The predicted octanol–water partition coefficient (Wildman–Crippen LogP) is 4.14. The Labute approximate surface area is 115 Å². The maximum Gasteiger partial charge on any atom is 0.0102 e. The molecule has 1 nitrogen and oxygen atoms in total. The second kappa shape index (κ2) is 5.18. The second-order valence-electron chi connectivity index (χ2n) is 5.67. The molecule has 0 fully saturated rings. The van der Waals surface area contributed by atoms with Crippen LogP contribution in [0, 0.1) is 0 Å². The van der Waals surface area contributed by atoms with Gasteiger partial charge in [-0.25, -0.2) is 0 Å². The molecule has 0 unspecified atom stereocenters. The van der Waals surface area contributed by atoms with Gasteiger partial charge in [-0.05, 0) is 55.7 Å². The third kappa shape index (κ3) is 2.31. The van der Waals surface area contributed by atoms with Crippen LogP contribution in [0.4, 0.5) is 0 Å². The minimum atomic E-state index is 0.590. The van der Waals surface area contributed by atoms with E-state index in [4.69, 9.17) is 0 Å². The largest absolute Gasteiger partial charge is 0.309 e. The van der Waals surface area contributed by atoms with Gasteiger partial charge in [-0.2, -0.15) is 0 Å². The maximum atomic E-state index is 2.30. The molecule has 1 aliphatic rings. The van der Waals surface area contributed by atoms with Gasteiger partial charge in [0.1, 0.15) is 0 Å². The van der Waals surface area contributed by atoms with E-state index in [1.165, 1.54) is 41.6 Å². The Hall–Kier alpha value is -1.60. The molecule has 19 heavy (non-hydrogen) atoms. The summed E-state index contributed by atoms with van der Waals surface area (Å²) in [6, 6.07) is 17.8. The van der Waals surface area contributed by atoms with E-state index in [-0.39, 0.29) is 0 Å². The first-order chi connectivity index (χ1) is 9.27. The fraction of sp³-hybridized carbons (Fsp3) is 0.333. The number of hydrogen-bond donors (Lipinski definition) is 0. The Kier molecular flexibility index (Phi) is 3.39. The highest BCUT2D eigenvalue weighted by atomic mass is 15.0. The van der Waals surface area contributed by atoms with Crippen molar-refractivity contribution < 1.29 is 0 Å². The monoisotopic (exact) mass is 251 g/mol.